The fourth-order valence-corrected chi connectivity index (χ4v) is 6.01. The number of nitrogens with one attached hydrogen (secondary N) is 2. The van der Waals surface area contributed by atoms with Gasteiger partial charge in [0, 0.05) is 73.1 Å². The topological polar surface area (TPSA) is 110 Å². The fraction of sp³-hybridized carbons (Fsp3) is 0.571. The normalized spacial score (nSPS) is 22.1. The van der Waals surface area contributed by atoms with Gasteiger partial charge in [0.1, 0.15) is 10.7 Å². The first kappa shape index (κ1) is 22.9. The van der Waals surface area contributed by atoms with Gasteiger partial charge in [-0.25, -0.2) is 18.1 Å². The third-order valence-corrected chi connectivity index (χ3v) is 8.07. The van der Waals surface area contributed by atoms with E-state index in [1.807, 2.05) is 12.1 Å². The van der Waals surface area contributed by atoms with Gasteiger partial charge in [-0.3, -0.25) is 0 Å². The number of aromatic nitrogens is 1. The molecule has 1 aromatic carbocycles. The van der Waals surface area contributed by atoms with Gasteiger partial charge in [-0.15, -0.1) is 0 Å². The molecule has 170 valence electrons. The summed E-state index contributed by atoms with van der Waals surface area (Å²) in [6.07, 6.45) is 3.23. The van der Waals surface area contributed by atoms with E-state index in [0.717, 1.165) is 23.7 Å². The maximum atomic E-state index is 13.3. The molecule has 2 aliphatic heterocycles. The number of aliphatic hydroxyl groups excluding tert-OH is 1. The molecule has 3 heterocycles. The highest BCUT2D eigenvalue weighted by atomic mass is 79.9. The molecule has 2 aliphatic rings. The van der Waals surface area contributed by atoms with Crippen LogP contribution >= 0.6 is 15.9 Å². The van der Waals surface area contributed by atoms with Crippen molar-refractivity contribution < 1.29 is 23.0 Å². The SMILES string of the molecule is C[C@H](O)CNc1ncc(S(=O)(=O)NCC2CCOC23CCOCC3)c2cc(Br)ccc12. The number of aliphatic hydroxyl groups is 1. The average Bonchev–Trinajstić information content (AvgIpc) is 3.12. The second kappa shape index (κ2) is 9.29. The second-order valence-electron chi connectivity index (χ2n) is 8.25. The summed E-state index contributed by atoms with van der Waals surface area (Å²) in [5.41, 5.74) is -0.293. The van der Waals surface area contributed by atoms with Gasteiger partial charge < -0.3 is 19.9 Å². The van der Waals surface area contributed by atoms with Crippen LogP contribution in [0.5, 0.6) is 0 Å². The highest BCUT2D eigenvalue weighted by Crippen LogP contribution is 2.40. The summed E-state index contributed by atoms with van der Waals surface area (Å²) < 4.78 is 41.6. The van der Waals surface area contributed by atoms with E-state index >= 15 is 0 Å². The Bertz CT molecular complexity index is 1040. The van der Waals surface area contributed by atoms with Crippen LogP contribution in [0.25, 0.3) is 10.8 Å². The summed E-state index contributed by atoms with van der Waals surface area (Å²) in [6, 6.07) is 5.43. The number of sulfonamides is 1. The number of hydrogen-bond donors (Lipinski definition) is 3. The van der Waals surface area contributed by atoms with Gasteiger partial charge in [-0.05, 0) is 31.5 Å². The summed E-state index contributed by atoms with van der Waals surface area (Å²) in [7, 11) is -3.79. The van der Waals surface area contributed by atoms with Crippen LogP contribution in [0.1, 0.15) is 26.2 Å². The molecule has 10 heteroatoms. The Morgan fingerprint density at radius 1 is 1.29 bits per heavy atom. The molecule has 3 N–H and O–H groups in total. The lowest BCUT2D eigenvalue weighted by Crippen LogP contribution is -2.45. The first-order valence-corrected chi connectivity index (χ1v) is 12.8. The first-order valence-electron chi connectivity index (χ1n) is 10.5. The Kier molecular flexibility index (Phi) is 6.85. The average molecular weight is 514 g/mol. The standard InChI is InChI=1S/C21H28BrN3O5S/c1-14(26)11-23-20-17-3-2-16(22)10-18(17)19(13-24-20)31(27,28)25-12-15-4-7-30-21(15)5-8-29-9-6-21/h2-3,10,13-15,25-26H,4-9,11-12H2,1H3,(H,23,24)/t14-,15?/m0/s1. The molecule has 1 aromatic heterocycles. The Morgan fingerprint density at radius 2 is 2.06 bits per heavy atom. The van der Waals surface area contributed by atoms with Gasteiger partial charge in [0.15, 0.2) is 0 Å². The van der Waals surface area contributed by atoms with Crippen LogP contribution in [-0.2, 0) is 19.5 Å². The van der Waals surface area contributed by atoms with Gasteiger partial charge in [-0.1, -0.05) is 15.9 Å². The molecule has 1 unspecified atom stereocenters. The first-order chi connectivity index (χ1) is 14.8. The van der Waals surface area contributed by atoms with Crippen LogP contribution in [-0.4, -0.2) is 63.1 Å². The van der Waals surface area contributed by atoms with Gasteiger partial charge in [0.2, 0.25) is 10.0 Å². The summed E-state index contributed by atoms with van der Waals surface area (Å²) >= 11 is 3.44. The van der Waals surface area contributed by atoms with Crippen molar-refractivity contribution in [3.05, 3.63) is 28.9 Å². The molecule has 2 saturated heterocycles. The monoisotopic (exact) mass is 513 g/mol. The van der Waals surface area contributed by atoms with Crippen molar-refractivity contribution in [1.82, 2.24) is 9.71 Å². The largest absolute Gasteiger partial charge is 0.392 e. The molecule has 0 saturated carbocycles. The quantitative estimate of drug-likeness (QED) is 0.521. The molecule has 0 radical (unpaired) electrons. The van der Waals surface area contributed by atoms with Crippen LogP contribution < -0.4 is 10.0 Å². The van der Waals surface area contributed by atoms with Crippen LogP contribution in [0.2, 0.25) is 0 Å². The molecule has 2 atom stereocenters. The third kappa shape index (κ3) is 4.89. The summed E-state index contributed by atoms with van der Waals surface area (Å²) in [5, 5.41) is 13.9. The van der Waals surface area contributed by atoms with Crippen LogP contribution in [0, 0.1) is 5.92 Å². The Hall–Kier alpha value is -1.30. The summed E-state index contributed by atoms with van der Waals surface area (Å²) in [5.74, 6) is 0.650. The van der Waals surface area contributed by atoms with Crippen LogP contribution in [0.4, 0.5) is 5.82 Å². The van der Waals surface area contributed by atoms with E-state index in [1.165, 1.54) is 6.20 Å². The van der Waals surface area contributed by atoms with Crippen LogP contribution in [0.15, 0.2) is 33.8 Å². The molecule has 1 spiro atoms. The van der Waals surface area contributed by atoms with Gasteiger partial charge in [0.25, 0.3) is 0 Å². The molecular formula is C21H28BrN3O5S. The van der Waals surface area contributed by atoms with E-state index in [0.29, 0.717) is 49.5 Å². The Labute approximate surface area is 190 Å². The van der Waals surface area contributed by atoms with E-state index in [1.54, 1.807) is 13.0 Å². The number of anilines is 1. The summed E-state index contributed by atoms with van der Waals surface area (Å²) in [6.45, 7) is 4.25. The van der Waals surface area contributed by atoms with E-state index in [2.05, 4.69) is 31.0 Å². The number of ether oxygens (including phenoxy) is 2. The lowest BCUT2D eigenvalue weighted by molar-refractivity contribution is -0.0963. The molecular weight excluding hydrogens is 486 g/mol. The van der Waals surface area contributed by atoms with Gasteiger partial charge in [0.05, 0.1) is 11.7 Å². The van der Waals surface area contributed by atoms with Crippen molar-refractivity contribution in [3.63, 3.8) is 0 Å². The number of pyridine rings is 1. The van der Waals surface area contributed by atoms with Crippen molar-refractivity contribution in [2.45, 2.75) is 42.8 Å². The Balaban J connectivity index is 1.59. The maximum absolute atomic E-state index is 13.3. The van der Waals surface area contributed by atoms with Gasteiger partial charge in [-0.2, -0.15) is 0 Å². The molecule has 0 aliphatic carbocycles. The zero-order chi connectivity index (χ0) is 22.1. The number of hydrogen-bond acceptors (Lipinski definition) is 7. The van der Waals surface area contributed by atoms with E-state index in [4.69, 9.17) is 9.47 Å². The molecule has 8 nitrogen and oxygen atoms in total. The number of halogens is 1. The highest BCUT2D eigenvalue weighted by Gasteiger charge is 2.45. The van der Waals surface area contributed by atoms with E-state index < -0.39 is 16.1 Å². The molecule has 4 rings (SSSR count). The van der Waals surface area contributed by atoms with Crippen molar-refractivity contribution in [2.75, 3.05) is 38.2 Å². The molecule has 31 heavy (non-hydrogen) atoms. The lowest BCUT2D eigenvalue weighted by atomic mass is 9.81. The number of fused-ring (bicyclic) bond motifs is 1. The third-order valence-electron chi connectivity index (χ3n) is 6.13. The van der Waals surface area contributed by atoms with Crippen molar-refractivity contribution in [3.8, 4) is 0 Å². The Morgan fingerprint density at radius 3 is 2.81 bits per heavy atom. The zero-order valence-electron chi connectivity index (χ0n) is 17.4. The minimum atomic E-state index is -3.79. The van der Waals surface area contributed by atoms with E-state index in [-0.39, 0.29) is 16.4 Å². The molecule has 2 aromatic rings. The predicted octanol–water partition coefficient (Wildman–Crippen LogP) is 2.65. The van der Waals surface area contributed by atoms with Crippen molar-refractivity contribution in [2.24, 2.45) is 5.92 Å². The van der Waals surface area contributed by atoms with Crippen molar-refractivity contribution in [1.29, 1.82) is 0 Å². The highest BCUT2D eigenvalue weighted by molar-refractivity contribution is 9.10. The number of rotatable bonds is 7. The smallest absolute Gasteiger partial charge is 0.242 e. The van der Waals surface area contributed by atoms with E-state index in [9.17, 15) is 13.5 Å². The second-order valence-corrected chi connectivity index (χ2v) is 10.9. The minimum absolute atomic E-state index is 0.115. The lowest BCUT2D eigenvalue weighted by Gasteiger charge is -2.37. The number of benzene rings is 1. The fourth-order valence-electron chi connectivity index (χ4n) is 4.42. The van der Waals surface area contributed by atoms with Crippen molar-refractivity contribution >= 4 is 42.5 Å². The predicted molar refractivity (Wildman–Crippen MR) is 122 cm³/mol. The zero-order valence-corrected chi connectivity index (χ0v) is 19.8. The minimum Gasteiger partial charge on any atom is -0.392 e. The van der Waals surface area contributed by atoms with Crippen LogP contribution in [0.3, 0.4) is 0 Å². The molecule has 2 fully saturated rings. The number of nitrogens with zero attached hydrogens (tertiary/aromatic N) is 1. The molecule has 0 bridgehead atoms. The summed E-state index contributed by atoms with van der Waals surface area (Å²) in [4.78, 5) is 4.47. The van der Waals surface area contributed by atoms with Gasteiger partial charge >= 0.3 is 0 Å². The maximum Gasteiger partial charge on any atom is 0.242 e. The molecule has 0 amide bonds.